The molecule has 0 fully saturated rings. The molecule has 1 aromatic heterocycles. The first-order valence-electron chi connectivity index (χ1n) is 7.58. The zero-order valence-corrected chi connectivity index (χ0v) is 13.7. The number of nitrogens with one attached hydrogen (secondary N) is 1. The summed E-state index contributed by atoms with van der Waals surface area (Å²) in [5, 5.41) is 3.33. The summed E-state index contributed by atoms with van der Waals surface area (Å²) in [6.45, 7) is 4.89. The van der Waals surface area contributed by atoms with Gasteiger partial charge in [-0.15, -0.1) is 0 Å². The zero-order valence-electron chi connectivity index (χ0n) is 13.7. The van der Waals surface area contributed by atoms with Crippen molar-refractivity contribution in [3.63, 3.8) is 0 Å². The second kappa shape index (κ2) is 7.64. The molecule has 0 saturated carbocycles. The van der Waals surface area contributed by atoms with Crippen LogP contribution < -0.4 is 15.0 Å². The Morgan fingerprint density at radius 2 is 1.82 bits per heavy atom. The summed E-state index contributed by atoms with van der Waals surface area (Å²) >= 11 is 0. The monoisotopic (exact) mass is 300 g/mol. The summed E-state index contributed by atoms with van der Waals surface area (Å²) in [6.07, 6.45) is 4.63. The largest absolute Gasteiger partial charge is 0.491 e. The van der Waals surface area contributed by atoms with Crippen molar-refractivity contribution in [1.82, 2.24) is 9.97 Å². The molecule has 2 rings (SSSR count). The highest BCUT2D eigenvalue weighted by Crippen LogP contribution is 2.19. The number of aromatic nitrogens is 2. The van der Waals surface area contributed by atoms with Crippen molar-refractivity contribution in [3.05, 3.63) is 42.2 Å². The van der Waals surface area contributed by atoms with Crippen LogP contribution in [0.15, 0.2) is 36.7 Å². The molecule has 1 heterocycles. The highest BCUT2D eigenvalue weighted by molar-refractivity contribution is 5.59. The third-order valence-corrected chi connectivity index (χ3v) is 3.40. The zero-order chi connectivity index (χ0) is 15.9. The summed E-state index contributed by atoms with van der Waals surface area (Å²) in [7, 11) is 3.91. The van der Waals surface area contributed by atoms with Crippen molar-refractivity contribution in [3.8, 4) is 5.75 Å². The number of benzene rings is 1. The molecule has 22 heavy (non-hydrogen) atoms. The second-order valence-corrected chi connectivity index (χ2v) is 5.46. The molecule has 5 heteroatoms. The quantitative estimate of drug-likeness (QED) is 0.850. The van der Waals surface area contributed by atoms with E-state index in [9.17, 15) is 0 Å². The predicted molar refractivity (Wildman–Crippen MR) is 90.5 cm³/mol. The highest BCUT2D eigenvalue weighted by atomic mass is 16.5. The van der Waals surface area contributed by atoms with Crippen LogP contribution in [0, 0.1) is 0 Å². The van der Waals surface area contributed by atoms with E-state index in [1.54, 1.807) is 12.4 Å². The lowest BCUT2D eigenvalue weighted by atomic mass is 10.2. The molecule has 0 bridgehead atoms. The van der Waals surface area contributed by atoms with E-state index in [2.05, 4.69) is 41.3 Å². The van der Waals surface area contributed by atoms with E-state index >= 15 is 0 Å². The van der Waals surface area contributed by atoms with Crippen molar-refractivity contribution in [2.24, 2.45) is 0 Å². The Morgan fingerprint density at radius 3 is 2.45 bits per heavy atom. The van der Waals surface area contributed by atoms with Crippen LogP contribution in [0.25, 0.3) is 0 Å². The normalized spacial score (nSPS) is 11.8. The molecular formula is C17H24N4O. The van der Waals surface area contributed by atoms with Gasteiger partial charge in [0.05, 0.1) is 6.10 Å². The lowest BCUT2D eigenvalue weighted by molar-refractivity contribution is 0.217. The molecule has 0 aliphatic carbocycles. The topological polar surface area (TPSA) is 50.3 Å². The van der Waals surface area contributed by atoms with Gasteiger partial charge in [-0.2, -0.15) is 0 Å². The van der Waals surface area contributed by atoms with Gasteiger partial charge in [-0.1, -0.05) is 19.1 Å². The van der Waals surface area contributed by atoms with Crippen LogP contribution in [-0.4, -0.2) is 30.2 Å². The van der Waals surface area contributed by atoms with Gasteiger partial charge in [0.15, 0.2) is 11.6 Å². The van der Waals surface area contributed by atoms with Crippen LogP contribution in [0.2, 0.25) is 0 Å². The van der Waals surface area contributed by atoms with Gasteiger partial charge in [-0.25, -0.2) is 9.97 Å². The van der Waals surface area contributed by atoms with Gasteiger partial charge >= 0.3 is 0 Å². The Morgan fingerprint density at radius 1 is 1.14 bits per heavy atom. The summed E-state index contributed by atoms with van der Waals surface area (Å²) in [4.78, 5) is 10.6. The first-order valence-corrected chi connectivity index (χ1v) is 7.58. The average molecular weight is 300 g/mol. The lowest BCUT2D eigenvalue weighted by Crippen LogP contribution is -2.15. The SMILES string of the molecule is CCC(C)Oc1ccc(CNc2nccnc2N(C)C)cc1. The van der Waals surface area contributed by atoms with Crippen molar-refractivity contribution >= 4 is 11.6 Å². The molecular weight excluding hydrogens is 276 g/mol. The fourth-order valence-corrected chi connectivity index (χ4v) is 1.97. The number of rotatable bonds is 7. The van der Waals surface area contributed by atoms with E-state index < -0.39 is 0 Å². The molecule has 5 nitrogen and oxygen atoms in total. The first-order chi connectivity index (χ1) is 10.6. The van der Waals surface area contributed by atoms with Crippen LogP contribution in [0.1, 0.15) is 25.8 Å². The van der Waals surface area contributed by atoms with Crippen LogP contribution >= 0.6 is 0 Å². The van der Waals surface area contributed by atoms with Crippen LogP contribution in [-0.2, 0) is 6.54 Å². The third-order valence-electron chi connectivity index (χ3n) is 3.40. The van der Waals surface area contributed by atoms with E-state index in [1.165, 1.54) is 5.56 Å². The van der Waals surface area contributed by atoms with Crippen LogP contribution in [0.3, 0.4) is 0 Å². The minimum Gasteiger partial charge on any atom is -0.491 e. The van der Waals surface area contributed by atoms with Crippen LogP contribution in [0.5, 0.6) is 5.75 Å². The minimum atomic E-state index is 0.242. The number of ether oxygens (including phenoxy) is 1. The highest BCUT2D eigenvalue weighted by Gasteiger charge is 2.06. The Labute approximate surface area is 132 Å². The molecule has 1 unspecified atom stereocenters. The maximum absolute atomic E-state index is 5.78. The fourth-order valence-electron chi connectivity index (χ4n) is 1.97. The molecule has 0 spiro atoms. The van der Waals surface area contributed by atoms with Gasteiger partial charge in [0.2, 0.25) is 0 Å². The molecule has 0 aliphatic heterocycles. The smallest absolute Gasteiger partial charge is 0.171 e. The van der Waals surface area contributed by atoms with E-state index in [-0.39, 0.29) is 6.10 Å². The van der Waals surface area contributed by atoms with E-state index in [0.717, 1.165) is 23.8 Å². The van der Waals surface area contributed by atoms with Gasteiger partial charge in [-0.05, 0) is 31.0 Å². The van der Waals surface area contributed by atoms with Crippen molar-refractivity contribution in [2.45, 2.75) is 32.9 Å². The van der Waals surface area contributed by atoms with Crippen molar-refractivity contribution < 1.29 is 4.74 Å². The molecule has 0 aliphatic rings. The Hall–Kier alpha value is -2.30. The van der Waals surface area contributed by atoms with E-state index in [0.29, 0.717) is 6.54 Å². The van der Waals surface area contributed by atoms with Gasteiger partial charge in [0, 0.05) is 33.0 Å². The van der Waals surface area contributed by atoms with Gasteiger partial charge in [0.1, 0.15) is 5.75 Å². The van der Waals surface area contributed by atoms with Gasteiger partial charge in [-0.3, -0.25) is 0 Å². The maximum atomic E-state index is 5.78. The van der Waals surface area contributed by atoms with Gasteiger partial charge in [0.25, 0.3) is 0 Å². The Balaban J connectivity index is 1.97. The Bertz CT molecular complexity index is 583. The Kier molecular flexibility index (Phi) is 5.58. The fraction of sp³-hybridized carbons (Fsp3) is 0.412. The molecule has 0 radical (unpaired) electrons. The molecule has 0 amide bonds. The molecule has 118 valence electrons. The lowest BCUT2D eigenvalue weighted by Gasteiger charge is -2.16. The summed E-state index contributed by atoms with van der Waals surface area (Å²) < 4.78 is 5.78. The summed E-state index contributed by atoms with van der Waals surface area (Å²) in [5.74, 6) is 2.53. The molecule has 1 aromatic carbocycles. The summed E-state index contributed by atoms with van der Waals surface area (Å²) in [5.41, 5.74) is 1.17. The van der Waals surface area contributed by atoms with Crippen LogP contribution in [0.4, 0.5) is 11.6 Å². The average Bonchev–Trinajstić information content (AvgIpc) is 2.54. The molecule has 1 atom stereocenters. The maximum Gasteiger partial charge on any atom is 0.171 e. The first kappa shape index (κ1) is 16.1. The van der Waals surface area contributed by atoms with Crippen molar-refractivity contribution in [2.75, 3.05) is 24.3 Å². The molecule has 0 saturated heterocycles. The summed E-state index contributed by atoms with van der Waals surface area (Å²) in [6, 6.07) is 8.15. The van der Waals surface area contributed by atoms with Gasteiger partial charge < -0.3 is 15.0 Å². The number of anilines is 2. The second-order valence-electron chi connectivity index (χ2n) is 5.46. The minimum absolute atomic E-state index is 0.242. The third kappa shape index (κ3) is 4.35. The molecule has 2 aromatic rings. The number of nitrogens with zero attached hydrogens (tertiary/aromatic N) is 3. The molecule has 1 N–H and O–H groups in total. The van der Waals surface area contributed by atoms with E-state index in [1.807, 2.05) is 31.1 Å². The number of hydrogen-bond acceptors (Lipinski definition) is 5. The number of hydrogen-bond donors (Lipinski definition) is 1. The van der Waals surface area contributed by atoms with E-state index in [4.69, 9.17) is 4.74 Å². The van der Waals surface area contributed by atoms with Crippen molar-refractivity contribution in [1.29, 1.82) is 0 Å². The predicted octanol–water partition coefficient (Wildman–Crippen LogP) is 3.33. The standard InChI is InChI=1S/C17H24N4O/c1-5-13(2)22-15-8-6-14(7-9-15)12-20-16-17(21(3)4)19-11-10-18-16/h6-11,13H,5,12H2,1-4H3,(H,18,20).